The fourth-order valence-corrected chi connectivity index (χ4v) is 0.977. The molecule has 0 atom stereocenters. The van der Waals surface area contributed by atoms with Crippen molar-refractivity contribution in [1.82, 2.24) is 4.98 Å². The molecular weight excluding hydrogens is 206 g/mol. The molecule has 0 N–H and O–H groups in total. The van der Waals surface area contributed by atoms with Gasteiger partial charge in [-0.2, -0.15) is 0 Å². The van der Waals surface area contributed by atoms with Gasteiger partial charge in [0.15, 0.2) is 0 Å². The van der Waals surface area contributed by atoms with E-state index in [2.05, 4.69) is 27.1 Å². The summed E-state index contributed by atoms with van der Waals surface area (Å²) in [4.78, 5) is 3.84. The van der Waals surface area contributed by atoms with Crippen LogP contribution in [0.4, 0.5) is 0 Å². The van der Waals surface area contributed by atoms with Crippen LogP contribution in [0, 0.1) is 6.20 Å². The Morgan fingerprint density at radius 2 is 2.36 bits per heavy atom. The monoisotopic (exact) mass is 214 g/mol. The Labute approximate surface area is 74.7 Å². The van der Waals surface area contributed by atoms with Crippen molar-refractivity contribution in [2.45, 2.75) is 20.0 Å². The van der Waals surface area contributed by atoms with Gasteiger partial charge in [0, 0.05) is 10.7 Å². The molecule has 2 nitrogen and oxygen atoms in total. The highest BCUT2D eigenvalue weighted by molar-refractivity contribution is 9.10. The van der Waals surface area contributed by atoms with E-state index in [1.54, 1.807) is 6.20 Å². The summed E-state index contributed by atoms with van der Waals surface area (Å²) in [7, 11) is 0. The van der Waals surface area contributed by atoms with Crippen molar-refractivity contribution < 1.29 is 4.74 Å². The van der Waals surface area contributed by atoms with Crippen molar-refractivity contribution in [2.75, 3.05) is 0 Å². The highest BCUT2D eigenvalue weighted by Crippen LogP contribution is 2.15. The van der Waals surface area contributed by atoms with Crippen LogP contribution in [0.25, 0.3) is 0 Å². The first-order valence-electron chi connectivity index (χ1n) is 3.38. The lowest BCUT2D eigenvalue weighted by atomic mass is 10.4. The summed E-state index contributed by atoms with van der Waals surface area (Å²) in [5.41, 5.74) is 0. The second-order valence-corrected chi connectivity index (χ2v) is 3.35. The highest BCUT2D eigenvalue weighted by Gasteiger charge is 1.97. The molecule has 1 heterocycles. The van der Waals surface area contributed by atoms with Crippen LogP contribution >= 0.6 is 15.9 Å². The smallest absolute Gasteiger partial charge is 0.148 e. The normalized spacial score (nSPS) is 10.2. The van der Waals surface area contributed by atoms with Gasteiger partial charge in [0.1, 0.15) is 11.9 Å². The molecule has 0 aromatic carbocycles. The Balaban J connectivity index is 2.71. The fourth-order valence-electron chi connectivity index (χ4n) is 0.667. The predicted octanol–water partition coefficient (Wildman–Crippen LogP) is 2.43. The molecule has 0 saturated carbocycles. The topological polar surface area (TPSA) is 22.1 Å². The van der Waals surface area contributed by atoms with Crippen molar-refractivity contribution in [2.24, 2.45) is 0 Å². The molecule has 0 bridgehead atoms. The second kappa shape index (κ2) is 3.72. The Kier molecular flexibility index (Phi) is 2.88. The van der Waals surface area contributed by atoms with E-state index >= 15 is 0 Å². The van der Waals surface area contributed by atoms with E-state index in [9.17, 15) is 0 Å². The van der Waals surface area contributed by atoms with Gasteiger partial charge in [0.25, 0.3) is 0 Å². The van der Waals surface area contributed by atoms with Crippen LogP contribution < -0.4 is 4.74 Å². The number of nitrogens with zero attached hydrogens (tertiary/aromatic N) is 1. The Morgan fingerprint density at radius 1 is 1.64 bits per heavy atom. The lowest BCUT2D eigenvalue weighted by Crippen LogP contribution is -2.05. The largest absolute Gasteiger partial charge is 0.489 e. The Hall–Kier alpha value is -0.570. The minimum absolute atomic E-state index is 0.169. The third-order valence-corrected chi connectivity index (χ3v) is 1.43. The Bertz CT molecular complexity index is 237. The minimum atomic E-state index is 0.169. The van der Waals surface area contributed by atoms with Crippen molar-refractivity contribution in [3.05, 3.63) is 22.9 Å². The highest BCUT2D eigenvalue weighted by atomic mass is 79.9. The summed E-state index contributed by atoms with van der Waals surface area (Å²) in [5, 5.41) is 0. The van der Waals surface area contributed by atoms with E-state index in [4.69, 9.17) is 4.74 Å². The Morgan fingerprint density at radius 3 is 2.91 bits per heavy atom. The molecule has 59 valence electrons. The predicted molar refractivity (Wildman–Crippen MR) is 46.5 cm³/mol. The van der Waals surface area contributed by atoms with Crippen LogP contribution in [-0.4, -0.2) is 11.1 Å². The minimum Gasteiger partial charge on any atom is -0.489 e. The molecule has 0 unspecified atom stereocenters. The maximum atomic E-state index is 5.35. The van der Waals surface area contributed by atoms with Gasteiger partial charge in [-0.3, -0.25) is 0 Å². The van der Waals surface area contributed by atoms with Crippen molar-refractivity contribution in [3.63, 3.8) is 0 Å². The van der Waals surface area contributed by atoms with E-state index in [0.29, 0.717) is 5.75 Å². The zero-order valence-electron chi connectivity index (χ0n) is 6.47. The van der Waals surface area contributed by atoms with Gasteiger partial charge in [-0.25, -0.2) is 4.98 Å². The maximum Gasteiger partial charge on any atom is 0.148 e. The summed E-state index contributed by atoms with van der Waals surface area (Å²) >= 11 is 3.29. The van der Waals surface area contributed by atoms with Gasteiger partial charge in [-0.1, -0.05) is 0 Å². The summed E-state index contributed by atoms with van der Waals surface area (Å²) in [6, 6.07) is 1.84. The average Bonchev–Trinajstić information content (AvgIpc) is 1.85. The number of pyridine rings is 1. The lowest BCUT2D eigenvalue weighted by molar-refractivity contribution is 0.240. The molecule has 1 aromatic heterocycles. The summed E-state index contributed by atoms with van der Waals surface area (Å²) < 4.78 is 6.26. The number of hydrogen-bond donors (Lipinski definition) is 0. The van der Waals surface area contributed by atoms with Crippen LogP contribution in [0.5, 0.6) is 5.75 Å². The van der Waals surface area contributed by atoms with Gasteiger partial charge >= 0.3 is 0 Å². The third-order valence-electron chi connectivity index (χ3n) is 0.994. The zero-order chi connectivity index (χ0) is 8.27. The van der Waals surface area contributed by atoms with Crippen LogP contribution in [-0.2, 0) is 0 Å². The number of halogens is 1. The summed E-state index contributed by atoms with van der Waals surface area (Å²) in [6.07, 6.45) is 4.58. The van der Waals surface area contributed by atoms with Crippen LogP contribution in [0.1, 0.15) is 13.8 Å². The number of hydrogen-bond acceptors (Lipinski definition) is 2. The summed E-state index contributed by atoms with van der Waals surface area (Å²) in [5.74, 6) is 0.675. The second-order valence-electron chi connectivity index (χ2n) is 2.43. The number of ether oxygens (including phenoxy) is 1. The lowest BCUT2D eigenvalue weighted by Gasteiger charge is -2.07. The first-order chi connectivity index (χ1) is 5.18. The third kappa shape index (κ3) is 2.89. The van der Waals surface area contributed by atoms with Gasteiger partial charge in [0.05, 0.1) is 6.10 Å². The van der Waals surface area contributed by atoms with Gasteiger partial charge in [-0.15, -0.1) is 0 Å². The van der Waals surface area contributed by atoms with E-state index in [-0.39, 0.29) is 6.10 Å². The average molecular weight is 215 g/mol. The van der Waals surface area contributed by atoms with E-state index in [1.807, 2.05) is 19.9 Å². The molecule has 1 aromatic rings. The van der Waals surface area contributed by atoms with Crippen molar-refractivity contribution in [3.8, 4) is 5.75 Å². The standard InChI is InChI=1S/C8H9BrNO/c1-6(2)11-8-3-7(9)4-10-5-8/h3-4,6H,1-2H3. The van der Waals surface area contributed by atoms with Gasteiger partial charge in [-0.05, 0) is 35.8 Å². The quantitative estimate of drug-likeness (QED) is 0.755. The molecule has 0 saturated heterocycles. The van der Waals surface area contributed by atoms with Crippen LogP contribution in [0.3, 0.4) is 0 Å². The number of aromatic nitrogens is 1. The molecule has 1 radical (unpaired) electrons. The molecule has 0 aliphatic carbocycles. The summed E-state index contributed by atoms with van der Waals surface area (Å²) in [6.45, 7) is 3.93. The first-order valence-corrected chi connectivity index (χ1v) is 4.17. The molecule has 0 aliphatic rings. The molecule has 0 aliphatic heterocycles. The van der Waals surface area contributed by atoms with Gasteiger partial charge in [0.2, 0.25) is 0 Å². The molecule has 11 heavy (non-hydrogen) atoms. The molecule has 1 rings (SSSR count). The zero-order valence-corrected chi connectivity index (χ0v) is 8.05. The molecular formula is C8H9BrNO. The van der Waals surface area contributed by atoms with Crippen LogP contribution in [0.2, 0.25) is 0 Å². The van der Waals surface area contributed by atoms with Crippen molar-refractivity contribution in [1.29, 1.82) is 0 Å². The van der Waals surface area contributed by atoms with E-state index in [0.717, 1.165) is 4.47 Å². The maximum absolute atomic E-state index is 5.35. The fraction of sp³-hybridized carbons (Fsp3) is 0.375. The van der Waals surface area contributed by atoms with Crippen LogP contribution in [0.15, 0.2) is 16.7 Å². The van der Waals surface area contributed by atoms with E-state index < -0.39 is 0 Å². The molecule has 0 amide bonds. The number of rotatable bonds is 2. The molecule has 0 fully saturated rings. The molecule has 0 spiro atoms. The van der Waals surface area contributed by atoms with E-state index in [1.165, 1.54) is 0 Å². The van der Waals surface area contributed by atoms with Crippen molar-refractivity contribution >= 4 is 15.9 Å². The first kappa shape index (κ1) is 8.53. The van der Waals surface area contributed by atoms with Gasteiger partial charge < -0.3 is 4.74 Å². The SMILES string of the molecule is CC(C)Oc1[c]ncc(Br)c1. The molecule has 3 heteroatoms.